The van der Waals surface area contributed by atoms with E-state index in [1.165, 1.54) is 10.6 Å². The number of hydrogen-bond acceptors (Lipinski definition) is 5. The number of aryl methyl sites for hydroxylation is 1. The minimum absolute atomic E-state index is 0.0714. The highest BCUT2D eigenvalue weighted by atomic mass is 19.1. The number of H-pyrrole nitrogens is 1. The molecule has 5 rings (SSSR count). The number of halogens is 1. The molecule has 3 aromatic heterocycles. The zero-order chi connectivity index (χ0) is 26.6. The van der Waals surface area contributed by atoms with Crippen molar-refractivity contribution in [2.24, 2.45) is 0 Å². The summed E-state index contributed by atoms with van der Waals surface area (Å²) >= 11 is 0. The molecule has 0 aliphatic heterocycles. The van der Waals surface area contributed by atoms with Crippen LogP contribution in [0.15, 0.2) is 71.8 Å². The van der Waals surface area contributed by atoms with Gasteiger partial charge in [0, 0.05) is 29.2 Å². The molecule has 9 heteroatoms. The number of nitrogens with zero attached hydrogens (tertiary/aromatic N) is 6. The number of imidazole rings is 1. The summed E-state index contributed by atoms with van der Waals surface area (Å²) in [7, 11) is 0. The molecule has 0 bridgehead atoms. The minimum atomic E-state index is -0.399. The number of para-hydroxylation sites is 1. The number of rotatable bonds is 9. The molecule has 194 valence electrons. The van der Waals surface area contributed by atoms with Gasteiger partial charge in [0.05, 0.1) is 17.9 Å². The van der Waals surface area contributed by atoms with Crippen LogP contribution in [-0.4, -0.2) is 34.7 Å². The van der Waals surface area contributed by atoms with Crippen LogP contribution in [0.3, 0.4) is 0 Å². The largest absolute Gasteiger partial charge is 0.333 e. The molecule has 0 fully saturated rings. The number of nitrogens with one attached hydrogen (secondary N) is 1. The molecule has 0 radical (unpaired) electrons. The maximum Gasteiger partial charge on any atom is 0.333 e. The number of aromatic amines is 1. The monoisotopic (exact) mass is 511 g/mol. The Balaban J connectivity index is 1.51. The number of unbranched alkanes of at least 4 members (excludes halogenated alkanes) is 1. The van der Waals surface area contributed by atoms with Crippen molar-refractivity contribution in [3.05, 3.63) is 100 Å². The van der Waals surface area contributed by atoms with Crippen LogP contribution in [0, 0.1) is 5.82 Å². The zero-order valence-electron chi connectivity index (χ0n) is 21.7. The van der Waals surface area contributed by atoms with Crippen LogP contribution in [0.1, 0.15) is 56.4 Å². The topological polar surface area (TPSA) is 94.3 Å². The summed E-state index contributed by atoms with van der Waals surface area (Å²) in [5.41, 5.74) is 5.10. The quantitative estimate of drug-likeness (QED) is 0.281. The fraction of sp³-hybridized carbons (Fsp3) is 0.276. The van der Waals surface area contributed by atoms with Gasteiger partial charge >= 0.3 is 5.69 Å². The van der Waals surface area contributed by atoms with Crippen molar-refractivity contribution in [2.75, 3.05) is 0 Å². The molecule has 0 amide bonds. The van der Waals surface area contributed by atoms with Crippen LogP contribution in [0.2, 0.25) is 0 Å². The Morgan fingerprint density at radius 1 is 1.03 bits per heavy atom. The van der Waals surface area contributed by atoms with Gasteiger partial charge < -0.3 is 0 Å². The molecule has 0 saturated carbocycles. The maximum atomic E-state index is 15.0. The lowest BCUT2D eigenvalue weighted by atomic mass is 10.0. The highest BCUT2D eigenvalue weighted by Crippen LogP contribution is 2.29. The Labute approximate surface area is 220 Å². The Hall–Kier alpha value is -4.40. The summed E-state index contributed by atoms with van der Waals surface area (Å²) in [5, 5.41) is 14.3. The van der Waals surface area contributed by atoms with Crippen LogP contribution < -0.4 is 5.69 Å². The van der Waals surface area contributed by atoms with E-state index in [1.54, 1.807) is 23.0 Å². The van der Waals surface area contributed by atoms with E-state index in [0.29, 0.717) is 18.1 Å². The van der Waals surface area contributed by atoms with E-state index >= 15 is 4.39 Å². The van der Waals surface area contributed by atoms with E-state index in [4.69, 9.17) is 0 Å². The fourth-order valence-corrected chi connectivity index (χ4v) is 4.70. The first-order chi connectivity index (χ1) is 18.5. The highest BCUT2D eigenvalue weighted by molar-refractivity contribution is 5.78. The van der Waals surface area contributed by atoms with Gasteiger partial charge in [-0.25, -0.2) is 9.18 Å². The smallest absolute Gasteiger partial charge is 0.292 e. The minimum Gasteiger partial charge on any atom is -0.292 e. The maximum absolute atomic E-state index is 15.0. The highest BCUT2D eigenvalue weighted by Gasteiger charge is 2.20. The van der Waals surface area contributed by atoms with E-state index < -0.39 is 5.82 Å². The number of tetrazole rings is 1. The second-order valence-electron chi connectivity index (χ2n) is 9.63. The van der Waals surface area contributed by atoms with Crippen molar-refractivity contribution < 1.29 is 4.39 Å². The Morgan fingerprint density at radius 3 is 2.53 bits per heavy atom. The average Bonchev–Trinajstić information content (AvgIpc) is 3.57. The molecular formula is C29H30FN7O. The van der Waals surface area contributed by atoms with Gasteiger partial charge in [-0.15, -0.1) is 10.2 Å². The van der Waals surface area contributed by atoms with E-state index in [-0.39, 0.29) is 11.6 Å². The summed E-state index contributed by atoms with van der Waals surface area (Å²) in [6, 6.07) is 16.6. The third kappa shape index (κ3) is 4.91. The van der Waals surface area contributed by atoms with Crippen molar-refractivity contribution in [2.45, 2.75) is 52.5 Å². The molecule has 3 heterocycles. The van der Waals surface area contributed by atoms with E-state index in [9.17, 15) is 4.79 Å². The molecular weight excluding hydrogens is 481 g/mol. The zero-order valence-corrected chi connectivity index (χ0v) is 21.7. The van der Waals surface area contributed by atoms with Gasteiger partial charge in [0.15, 0.2) is 0 Å². The fourth-order valence-electron chi connectivity index (χ4n) is 4.70. The average molecular weight is 512 g/mol. The second kappa shape index (κ2) is 10.9. The number of aromatic nitrogens is 7. The van der Waals surface area contributed by atoms with Gasteiger partial charge in [0.1, 0.15) is 5.82 Å². The van der Waals surface area contributed by atoms with Crippen LogP contribution in [0.25, 0.3) is 28.3 Å². The van der Waals surface area contributed by atoms with Gasteiger partial charge in [-0.3, -0.25) is 14.1 Å². The normalized spacial score (nSPS) is 11.4. The summed E-state index contributed by atoms with van der Waals surface area (Å²) in [6.45, 7) is 6.46. The molecule has 0 saturated heterocycles. The van der Waals surface area contributed by atoms with Crippen LogP contribution in [0.5, 0.6) is 0 Å². The van der Waals surface area contributed by atoms with E-state index in [1.807, 2.05) is 56.3 Å². The third-order valence-electron chi connectivity index (χ3n) is 6.68. The van der Waals surface area contributed by atoms with Crippen LogP contribution in [0.4, 0.5) is 4.39 Å². The lowest BCUT2D eigenvalue weighted by Gasteiger charge is -2.13. The third-order valence-corrected chi connectivity index (χ3v) is 6.68. The summed E-state index contributed by atoms with van der Waals surface area (Å²) in [4.78, 5) is 18.4. The molecule has 0 unspecified atom stereocenters. The number of benzene rings is 2. The molecule has 8 nitrogen and oxygen atoms in total. The molecule has 5 aromatic rings. The second-order valence-corrected chi connectivity index (χ2v) is 9.63. The number of hydrogen-bond donors (Lipinski definition) is 1. The number of pyridine rings is 1. The van der Waals surface area contributed by atoms with Crippen molar-refractivity contribution in [1.29, 1.82) is 0 Å². The van der Waals surface area contributed by atoms with Crippen molar-refractivity contribution in [3.8, 4) is 28.3 Å². The lowest BCUT2D eigenvalue weighted by Crippen LogP contribution is -2.26. The Kier molecular flexibility index (Phi) is 7.26. The molecule has 0 aliphatic rings. The van der Waals surface area contributed by atoms with Crippen molar-refractivity contribution >= 4 is 0 Å². The summed E-state index contributed by atoms with van der Waals surface area (Å²) in [5.74, 6) is 0.166. The van der Waals surface area contributed by atoms with Gasteiger partial charge in [0.25, 0.3) is 0 Å². The van der Waals surface area contributed by atoms with Gasteiger partial charge in [0.2, 0.25) is 5.82 Å². The molecule has 0 atom stereocenters. The van der Waals surface area contributed by atoms with Crippen molar-refractivity contribution in [1.82, 2.24) is 34.7 Å². The van der Waals surface area contributed by atoms with Gasteiger partial charge in [-0.05, 0) is 47.2 Å². The first-order valence-corrected chi connectivity index (χ1v) is 12.9. The van der Waals surface area contributed by atoms with E-state index in [2.05, 4.69) is 32.5 Å². The molecule has 38 heavy (non-hydrogen) atoms. The molecule has 2 aromatic carbocycles. The summed E-state index contributed by atoms with van der Waals surface area (Å²) < 4.78 is 18.2. The molecule has 0 aliphatic carbocycles. The molecule has 0 spiro atoms. The van der Waals surface area contributed by atoms with E-state index in [0.717, 1.165) is 52.9 Å². The van der Waals surface area contributed by atoms with Crippen LogP contribution in [-0.2, 0) is 13.0 Å². The predicted molar refractivity (Wildman–Crippen MR) is 145 cm³/mol. The first-order valence-electron chi connectivity index (χ1n) is 12.9. The lowest BCUT2D eigenvalue weighted by molar-refractivity contribution is 0.606. The summed E-state index contributed by atoms with van der Waals surface area (Å²) in [6.07, 6.45) is 6.23. The Morgan fingerprint density at radius 2 is 1.84 bits per heavy atom. The Bertz CT molecular complexity index is 1580. The van der Waals surface area contributed by atoms with Crippen molar-refractivity contribution in [3.63, 3.8) is 0 Å². The van der Waals surface area contributed by atoms with Crippen LogP contribution >= 0.6 is 0 Å². The standard InChI is InChI=1S/C29H30FN7O/c1-4-5-9-21-18-37(27-22(19(2)3)12-8-13-25(27)30)29(38)36(21)17-20-14-15-26(31-16-20)23-10-6-7-11-24(23)28-32-34-35-33-28/h6-8,10-16,18-19H,4-5,9,17H2,1-3H3,(H,32,33,34,35). The predicted octanol–water partition coefficient (Wildman–Crippen LogP) is 5.53. The molecule has 1 N–H and O–H groups in total. The SMILES string of the molecule is CCCCc1cn(-c2c(F)cccc2C(C)C)c(=O)n1Cc1ccc(-c2ccccc2-c2nn[nH]n2)nc1. The van der Waals surface area contributed by atoms with Gasteiger partial charge in [-0.2, -0.15) is 5.21 Å². The van der Waals surface area contributed by atoms with Gasteiger partial charge in [-0.1, -0.05) is 69.7 Å². The first kappa shape index (κ1) is 25.3.